The molecule has 1 aromatic carbocycles. The van der Waals surface area contributed by atoms with E-state index in [1.807, 2.05) is 24.3 Å². The fourth-order valence-electron chi connectivity index (χ4n) is 1.71. The van der Waals surface area contributed by atoms with Crippen molar-refractivity contribution in [1.29, 1.82) is 0 Å². The lowest BCUT2D eigenvalue weighted by atomic mass is 10.1. The van der Waals surface area contributed by atoms with Gasteiger partial charge in [0.15, 0.2) is 0 Å². The van der Waals surface area contributed by atoms with Gasteiger partial charge in [-0.1, -0.05) is 19.9 Å². The van der Waals surface area contributed by atoms with Gasteiger partial charge >= 0.3 is 0 Å². The van der Waals surface area contributed by atoms with E-state index in [9.17, 15) is 4.79 Å². The van der Waals surface area contributed by atoms with Crippen LogP contribution in [-0.2, 0) is 0 Å². The number of amides is 1. The molecule has 0 spiro atoms. The van der Waals surface area contributed by atoms with Crippen molar-refractivity contribution in [2.75, 3.05) is 11.9 Å². The van der Waals surface area contributed by atoms with Gasteiger partial charge in [0.05, 0.1) is 0 Å². The van der Waals surface area contributed by atoms with Crippen molar-refractivity contribution in [3.63, 3.8) is 0 Å². The van der Waals surface area contributed by atoms with Gasteiger partial charge in [0.1, 0.15) is 0 Å². The Kier molecular flexibility index (Phi) is 5.98. The average Bonchev–Trinajstić information content (AvgIpc) is 2.42. The van der Waals surface area contributed by atoms with Crippen LogP contribution in [0, 0.1) is 0 Å². The van der Waals surface area contributed by atoms with Gasteiger partial charge in [0.2, 0.25) is 0 Å². The van der Waals surface area contributed by atoms with Crippen molar-refractivity contribution < 1.29 is 4.79 Å². The van der Waals surface area contributed by atoms with Gasteiger partial charge in [0, 0.05) is 23.8 Å². The number of benzene rings is 1. The van der Waals surface area contributed by atoms with Gasteiger partial charge < -0.3 is 10.6 Å². The molecule has 0 saturated carbocycles. The predicted molar refractivity (Wildman–Crippen MR) is 77.0 cm³/mol. The van der Waals surface area contributed by atoms with E-state index in [0.717, 1.165) is 18.5 Å². The number of rotatable bonds is 7. The Morgan fingerprint density at radius 3 is 2.39 bits per heavy atom. The summed E-state index contributed by atoms with van der Waals surface area (Å²) < 4.78 is 0. The second kappa shape index (κ2) is 7.54. The zero-order valence-electron chi connectivity index (χ0n) is 11.2. The molecule has 0 aliphatic heterocycles. The maximum absolute atomic E-state index is 11.7. The Labute approximate surface area is 109 Å². The summed E-state index contributed by atoms with van der Waals surface area (Å²) in [7, 11) is 0. The molecule has 0 heterocycles. The molecule has 0 aliphatic rings. The van der Waals surface area contributed by atoms with E-state index in [1.165, 1.54) is 0 Å². The van der Waals surface area contributed by atoms with Crippen molar-refractivity contribution in [2.24, 2.45) is 0 Å². The number of nitrogens with one attached hydrogen (secondary N) is 2. The molecule has 1 amide bonds. The fourth-order valence-corrected chi connectivity index (χ4v) is 1.71. The molecule has 3 nitrogen and oxygen atoms in total. The Balaban J connectivity index is 2.61. The van der Waals surface area contributed by atoms with Crippen LogP contribution in [0.4, 0.5) is 5.69 Å². The second-order valence-corrected chi connectivity index (χ2v) is 4.23. The second-order valence-electron chi connectivity index (χ2n) is 4.23. The van der Waals surface area contributed by atoms with Crippen molar-refractivity contribution >= 4 is 11.6 Å². The summed E-state index contributed by atoms with van der Waals surface area (Å²) in [5.41, 5.74) is 1.73. The van der Waals surface area contributed by atoms with E-state index >= 15 is 0 Å². The van der Waals surface area contributed by atoms with Gasteiger partial charge in [-0.25, -0.2) is 0 Å². The number of carbonyl (C=O) groups is 1. The molecule has 0 unspecified atom stereocenters. The molecule has 0 saturated heterocycles. The van der Waals surface area contributed by atoms with Crippen LogP contribution in [0.1, 0.15) is 37.0 Å². The van der Waals surface area contributed by atoms with Crippen LogP contribution in [0.15, 0.2) is 36.9 Å². The first-order valence-electron chi connectivity index (χ1n) is 6.46. The third-order valence-electron chi connectivity index (χ3n) is 2.91. The normalized spacial score (nSPS) is 10.2. The monoisotopic (exact) mass is 246 g/mol. The van der Waals surface area contributed by atoms with Crippen LogP contribution in [0.5, 0.6) is 0 Å². The number of carbonyl (C=O) groups excluding carboxylic acids is 1. The van der Waals surface area contributed by atoms with Gasteiger partial charge in [-0.05, 0) is 37.1 Å². The highest BCUT2D eigenvalue weighted by Crippen LogP contribution is 2.13. The van der Waals surface area contributed by atoms with Crippen LogP contribution in [0.25, 0.3) is 0 Å². The zero-order chi connectivity index (χ0) is 13.4. The lowest BCUT2D eigenvalue weighted by Gasteiger charge is -2.16. The van der Waals surface area contributed by atoms with Gasteiger partial charge in [-0.3, -0.25) is 4.79 Å². The molecule has 0 aromatic heterocycles. The summed E-state index contributed by atoms with van der Waals surface area (Å²) in [4.78, 5) is 11.7. The summed E-state index contributed by atoms with van der Waals surface area (Å²) in [6.45, 7) is 8.39. The lowest BCUT2D eigenvalue weighted by molar-refractivity contribution is 0.0958. The zero-order valence-corrected chi connectivity index (χ0v) is 11.2. The van der Waals surface area contributed by atoms with Crippen LogP contribution >= 0.6 is 0 Å². The average molecular weight is 246 g/mol. The molecule has 0 radical (unpaired) electrons. The van der Waals surface area contributed by atoms with E-state index in [1.54, 1.807) is 6.08 Å². The third kappa shape index (κ3) is 4.24. The topological polar surface area (TPSA) is 41.1 Å². The van der Waals surface area contributed by atoms with E-state index in [0.29, 0.717) is 18.2 Å². The molecule has 0 fully saturated rings. The van der Waals surface area contributed by atoms with Gasteiger partial charge in [-0.2, -0.15) is 0 Å². The molecular weight excluding hydrogens is 224 g/mol. The lowest BCUT2D eigenvalue weighted by Crippen LogP contribution is -2.23. The first-order valence-corrected chi connectivity index (χ1v) is 6.46. The smallest absolute Gasteiger partial charge is 0.251 e. The molecule has 3 heteroatoms. The standard InChI is InChI=1S/C15H22N2O/c1-4-11-16-15(18)12-7-9-14(10-8-12)17-13(5-2)6-3/h4,7-10,13,17H,1,5-6,11H2,2-3H3,(H,16,18). The number of hydrogen-bond acceptors (Lipinski definition) is 2. The third-order valence-corrected chi connectivity index (χ3v) is 2.91. The first kappa shape index (κ1) is 14.3. The van der Waals surface area contributed by atoms with E-state index in [2.05, 4.69) is 31.1 Å². The first-order chi connectivity index (χ1) is 8.71. The molecule has 98 valence electrons. The predicted octanol–water partition coefficient (Wildman–Crippen LogP) is 3.20. The molecule has 1 aromatic rings. The SMILES string of the molecule is C=CCNC(=O)c1ccc(NC(CC)CC)cc1. The molecule has 0 bridgehead atoms. The maximum Gasteiger partial charge on any atom is 0.251 e. The molecule has 2 N–H and O–H groups in total. The van der Waals surface area contributed by atoms with Crippen molar-refractivity contribution in [2.45, 2.75) is 32.7 Å². The Morgan fingerprint density at radius 2 is 1.89 bits per heavy atom. The molecule has 18 heavy (non-hydrogen) atoms. The highest BCUT2D eigenvalue weighted by atomic mass is 16.1. The molecule has 0 aliphatic carbocycles. The summed E-state index contributed by atoms with van der Waals surface area (Å²) in [6.07, 6.45) is 3.86. The number of anilines is 1. The molecule has 1 rings (SSSR count). The minimum atomic E-state index is -0.0658. The minimum Gasteiger partial charge on any atom is -0.382 e. The van der Waals surface area contributed by atoms with Gasteiger partial charge in [0.25, 0.3) is 5.91 Å². The largest absolute Gasteiger partial charge is 0.382 e. The Bertz CT molecular complexity index is 380. The van der Waals surface area contributed by atoms with Crippen molar-refractivity contribution in [3.05, 3.63) is 42.5 Å². The van der Waals surface area contributed by atoms with E-state index in [-0.39, 0.29) is 5.91 Å². The van der Waals surface area contributed by atoms with E-state index < -0.39 is 0 Å². The minimum absolute atomic E-state index is 0.0658. The number of hydrogen-bond donors (Lipinski definition) is 2. The van der Waals surface area contributed by atoms with Crippen LogP contribution in [0.2, 0.25) is 0 Å². The maximum atomic E-state index is 11.7. The quantitative estimate of drug-likeness (QED) is 0.725. The summed E-state index contributed by atoms with van der Waals surface area (Å²) in [5, 5.41) is 6.19. The van der Waals surface area contributed by atoms with Crippen LogP contribution in [-0.4, -0.2) is 18.5 Å². The van der Waals surface area contributed by atoms with Crippen LogP contribution in [0.3, 0.4) is 0 Å². The van der Waals surface area contributed by atoms with Gasteiger partial charge in [-0.15, -0.1) is 6.58 Å². The van der Waals surface area contributed by atoms with E-state index in [4.69, 9.17) is 0 Å². The van der Waals surface area contributed by atoms with Crippen LogP contribution < -0.4 is 10.6 Å². The fraction of sp³-hybridized carbons (Fsp3) is 0.400. The molecule has 0 atom stereocenters. The molecular formula is C15H22N2O. The summed E-state index contributed by atoms with van der Waals surface area (Å²) in [5.74, 6) is -0.0658. The Hall–Kier alpha value is -1.77. The highest BCUT2D eigenvalue weighted by Gasteiger charge is 2.05. The highest BCUT2D eigenvalue weighted by molar-refractivity contribution is 5.94. The van der Waals surface area contributed by atoms with Crippen molar-refractivity contribution in [1.82, 2.24) is 5.32 Å². The van der Waals surface area contributed by atoms with Crippen molar-refractivity contribution in [3.8, 4) is 0 Å². The summed E-state index contributed by atoms with van der Waals surface area (Å²) in [6, 6.07) is 8.06. The summed E-state index contributed by atoms with van der Waals surface area (Å²) >= 11 is 0. The Morgan fingerprint density at radius 1 is 1.28 bits per heavy atom.